The fourth-order valence-corrected chi connectivity index (χ4v) is 8.66. The molecule has 214 valence electrons. The predicted molar refractivity (Wildman–Crippen MR) is 129 cm³/mol. The molecule has 1 amide bonds. The number of carbonyl (C=O) groups is 2. The smallest absolute Gasteiger partial charge is 0.331 e. The van der Waals surface area contributed by atoms with Gasteiger partial charge in [0.2, 0.25) is 5.91 Å². The van der Waals surface area contributed by atoms with Crippen molar-refractivity contribution in [3.8, 4) is 0 Å². The number of fused-ring (bicyclic) bond motifs is 5. The third kappa shape index (κ3) is 4.14. The number of hydrogen-bond donors (Lipinski definition) is 1. The Morgan fingerprint density at radius 3 is 2.13 bits per heavy atom. The van der Waals surface area contributed by atoms with Gasteiger partial charge in [0.15, 0.2) is 5.78 Å². The van der Waals surface area contributed by atoms with E-state index in [1.54, 1.807) is 6.08 Å². The van der Waals surface area contributed by atoms with Crippen LogP contribution in [0, 0.1) is 40.3 Å². The maximum absolute atomic E-state index is 14.3. The number of ketones is 1. The van der Waals surface area contributed by atoms with Gasteiger partial charge in [-0.05, 0) is 97.3 Å². The van der Waals surface area contributed by atoms with Crippen molar-refractivity contribution in [2.24, 2.45) is 34.5 Å². The van der Waals surface area contributed by atoms with Gasteiger partial charge in [-0.3, -0.25) is 9.59 Å². The first-order chi connectivity index (χ1) is 18.0. The quantitative estimate of drug-likeness (QED) is 0.392. The molecular weight excluding hydrogens is 527 g/mol. The van der Waals surface area contributed by atoms with Crippen molar-refractivity contribution in [3.05, 3.63) is 47.3 Å². The molecule has 0 bridgehead atoms. The second-order valence-corrected chi connectivity index (χ2v) is 12.4. The van der Waals surface area contributed by atoms with E-state index >= 15 is 0 Å². The normalized spacial score (nSPS) is 35.0. The Morgan fingerprint density at radius 2 is 1.51 bits per heavy atom. The highest BCUT2D eigenvalue weighted by atomic mass is 19.4. The minimum absolute atomic E-state index is 0.0139. The van der Waals surface area contributed by atoms with E-state index in [-0.39, 0.29) is 35.4 Å². The molecule has 39 heavy (non-hydrogen) atoms. The summed E-state index contributed by atoms with van der Waals surface area (Å²) in [4.78, 5) is 25.6. The highest BCUT2D eigenvalue weighted by Gasteiger charge is 2.73. The molecular formula is C29H32F7NO2. The molecule has 3 saturated carbocycles. The zero-order valence-electron chi connectivity index (χ0n) is 21.8. The number of carbonyl (C=O) groups excluding carboxylic acids is 2. The molecule has 6 atom stereocenters. The lowest BCUT2D eigenvalue weighted by molar-refractivity contribution is -0.312. The number of alkyl halides is 6. The van der Waals surface area contributed by atoms with E-state index < -0.39 is 46.5 Å². The Hall–Kier alpha value is -2.39. The third-order valence-electron chi connectivity index (χ3n) is 10.7. The lowest BCUT2D eigenvalue weighted by Crippen LogP contribution is -2.66. The standard InChI is InChI=1S/C29H32F7NO2/c1-25-13-11-19(38)15-17(25)5-8-20-21-9-10-23(26(21,2)14-12-22(20)25)24(39)37-27(28(31,32)33,29(34,35)36)16-3-6-18(30)7-4-16/h3-4,6-7,15,20-23H,5,8-14H2,1-2H3,(H,37,39)/t20-,21-,22-,23+,25-,26-/m0/s1. The zero-order valence-corrected chi connectivity index (χ0v) is 21.8. The first kappa shape index (κ1) is 28.1. The molecule has 1 aromatic carbocycles. The minimum atomic E-state index is -5.92. The van der Waals surface area contributed by atoms with Gasteiger partial charge in [0.25, 0.3) is 5.54 Å². The van der Waals surface area contributed by atoms with E-state index in [1.807, 2.05) is 6.92 Å². The SMILES string of the molecule is C[C@]12CC[C@H]3[C@@H](CCC4=CC(=O)CC[C@@]43C)[C@@H]1CC[C@@H]2C(=O)NC(c1ccc(F)cc1)(C(F)(F)F)C(F)(F)F. The van der Waals surface area contributed by atoms with E-state index in [1.165, 1.54) is 5.32 Å². The van der Waals surface area contributed by atoms with Gasteiger partial charge >= 0.3 is 12.4 Å². The number of halogens is 7. The Morgan fingerprint density at radius 1 is 0.872 bits per heavy atom. The summed E-state index contributed by atoms with van der Waals surface area (Å²) in [6, 6.07) is 1.88. The average Bonchev–Trinajstić information content (AvgIpc) is 3.19. The second-order valence-electron chi connectivity index (χ2n) is 12.4. The predicted octanol–water partition coefficient (Wildman–Crippen LogP) is 7.41. The van der Waals surface area contributed by atoms with Gasteiger partial charge in [-0.25, -0.2) is 4.39 Å². The summed E-state index contributed by atoms with van der Waals surface area (Å²) in [7, 11) is 0. The fourth-order valence-electron chi connectivity index (χ4n) is 8.66. The first-order valence-electron chi connectivity index (χ1n) is 13.5. The molecule has 0 unspecified atom stereocenters. The topological polar surface area (TPSA) is 46.2 Å². The summed E-state index contributed by atoms with van der Waals surface area (Å²) in [5.74, 6) is -2.74. The Bertz CT molecular complexity index is 1170. The number of rotatable bonds is 3. The number of benzene rings is 1. The highest BCUT2D eigenvalue weighted by Crippen LogP contribution is 2.67. The van der Waals surface area contributed by atoms with Crippen molar-refractivity contribution >= 4 is 11.7 Å². The number of nitrogens with one attached hydrogen (secondary N) is 1. The van der Waals surface area contributed by atoms with Crippen LogP contribution in [0.15, 0.2) is 35.9 Å². The summed E-state index contributed by atoms with van der Waals surface area (Å²) < 4.78 is 99.4. The molecule has 5 rings (SSSR count). The van der Waals surface area contributed by atoms with E-state index in [9.17, 15) is 40.3 Å². The molecule has 3 nitrogen and oxygen atoms in total. The van der Waals surface area contributed by atoms with Crippen LogP contribution in [-0.4, -0.2) is 24.0 Å². The van der Waals surface area contributed by atoms with Crippen LogP contribution in [0.4, 0.5) is 30.7 Å². The number of hydrogen-bond acceptors (Lipinski definition) is 2. The summed E-state index contributed by atoms with van der Waals surface area (Å²) in [5, 5.41) is 1.42. The maximum Gasteiger partial charge on any atom is 0.424 e. The maximum atomic E-state index is 14.3. The van der Waals surface area contributed by atoms with Gasteiger partial charge in [-0.15, -0.1) is 0 Å². The van der Waals surface area contributed by atoms with Crippen molar-refractivity contribution in [2.45, 2.75) is 83.1 Å². The Labute approximate surface area is 222 Å². The average molecular weight is 560 g/mol. The molecule has 0 heterocycles. The lowest BCUT2D eigenvalue weighted by atomic mass is 9.47. The molecule has 10 heteroatoms. The summed E-state index contributed by atoms with van der Waals surface area (Å²) in [6.07, 6.45) is -5.39. The van der Waals surface area contributed by atoms with Crippen LogP contribution in [0.2, 0.25) is 0 Å². The molecule has 0 radical (unpaired) electrons. The van der Waals surface area contributed by atoms with Crippen molar-refractivity contribution in [2.75, 3.05) is 0 Å². The van der Waals surface area contributed by atoms with Crippen molar-refractivity contribution in [1.82, 2.24) is 5.32 Å². The van der Waals surface area contributed by atoms with Crippen LogP contribution in [0.1, 0.15) is 70.8 Å². The monoisotopic (exact) mass is 559 g/mol. The largest absolute Gasteiger partial charge is 0.424 e. The number of allylic oxidation sites excluding steroid dienone is 1. The van der Waals surface area contributed by atoms with Gasteiger partial charge in [0.1, 0.15) is 5.82 Å². The minimum Gasteiger partial charge on any atom is -0.331 e. The van der Waals surface area contributed by atoms with Crippen molar-refractivity contribution < 1.29 is 40.3 Å². The van der Waals surface area contributed by atoms with Crippen LogP contribution in [0.25, 0.3) is 0 Å². The molecule has 4 aliphatic rings. The molecule has 4 aliphatic carbocycles. The molecule has 0 aromatic heterocycles. The molecule has 0 spiro atoms. The molecule has 1 N–H and O–H groups in total. The summed E-state index contributed by atoms with van der Waals surface area (Å²) in [5.41, 5.74) is -5.70. The van der Waals surface area contributed by atoms with E-state index in [2.05, 4.69) is 6.92 Å². The van der Waals surface area contributed by atoms with Gasteiger partial charge in [0, 0.05) is 12.3 Å². The van der Waals surface area contributed by atoms with E-state index in [0.29, 0.717) is 49.9 Å². The second kappa shape index (κ2) is 9.06. The van der Waals surface area contributed by atoms with Crippen LogP contribution < -0.4 is 5.32 Å². The molecule has 1 aromatic rings. The van der Waals surface area contributed by atoms with Gasteiger partial charge in [-0.2, -0.15) is 26.3 Å². The van der Waals surface area contributed by atoms with Crippen LogP contribution in [-0.2, 0) is 15.1 Å². The van der Waals surface area contributed by atoms with Gasteiger partial charge in [-0.1, -0.05) is 31.6 Å². The van der Waals surface area contributed by atoms with Crippen LogP contribution in [0.3, 0.4) is 0 Å². The van der Waals surface area contributed by atoms with Gasteiger partial charge < -0.3 is 5.32 Å². The zero-order chi connectivity index (χ0) is 28.6. The molecule has 0 aliphatic heterocycles. The first-order valence-corrected chi connectivity index (χ1v) is 13.5. The summed E-state index contributed by atoms with van der Waals surface area (Å²) >= 11 is 0. The fraction of sp³-hybridized carbons (Fsp3) is 0.655. The lowest BCUT2D eigenvalue weighted by Gasteiger charge is -2.58. The summed E-state index contributed by atoms with van der Waals surface area (Å²) in [6.45, 7) is 4.01. The van der Waals surface area contributed by atoms with Crippen molar-refractivity contribution in [1.29, 1.82) is 0 Å². The Balaban J connectivity index is 1.46. The molecule has 3 fully saturated rings. The highest BCUT2D eigenvalue weighted by molar-refractivity contribution is 5.91. The molecule has 0 saturated heterocycles. The van der Waals surface area contributed by atoms with Crippen LogP contribution >= 0.6 is 0 Å². The van der Waals surface area contributed by atoms with Crippen molar-refractivity contribution in [3.63, 3.8) is 0 Å². The third-order valence-corrected chi connectivity index (χ3v) is 10.7. The Kier molecular flexibility index (Phi) is 6.54. The van der Waals surface area contributed by atoms with E-state index in [4.69, 9.17) is 0 Å². The van der Waals surface area contributed by atoms with Crippen LogP contribution in [0.5, 0.6) is 0 Å². The number of amides is 1. The van der Waals surface area contributed by atoms with E-state index in [0.717, 1.165) is 24.8 Å². The van der Waals surface area contributed by atoms with Gasteiger partial charge in [0.05, 0.1) is 0 Å².